The molecule has 2 aliphatic rings. The molecule has 2 fully saturated rings. The first kappa shape index (κ1) is 15.8. The Morgan fingerprint density at radius 3 is 2.65 bits per heavy atom. The number of hydrogen-bond donors (Lipinski definition) is 0. The highest BCUT2D eigenvalue weighted by molar-refractivity contribution is 7.89. The van der Waals surface area contributed by atoms with E-state index in [1.54, 1.807) is 11.9 Å². The molecule has 1 amide bonds. The van der Waals surface area contributed by atoms with Gasteiger partial charge >= 0.3 is 0 Å². The fraction of sp³-hybridized carbons (Fsp3) is 0.929. The third-order valence-electron chi connectivity index (χ3n) is 4.58. The molecule has 0 aromatic rings. The lowest BCUT2D eigenvalue weighted by atomic mass is 10.1. The van der Waals surface area contributed by atoms with E-state index in [1.165, 1.54) is 4.31 Å². The molecule has 0 spiro atoms. The molecule has 1 aliphatic heterocycles. The predicted octanol–water partition coefficient (Wildman–Crippen LogP) is 1.31. The molecule has 0 N–H and O–H groups in total. The average molecular weight is 302 g/mol. The molecule has 5 nitrogen and oxygen atoms in total. The van der Waals surface area contributed by atoms with Crippen molar-refractivity contribution in [3.63, 3.8) is 0 Å². The Morgan fingerprint density at radius 2 is 2.10 bits per heavy atom. The molecule has 2 atom stereocenters. The Morgan fingerprint density at radius 1 is 1.35 bits per heavy atom. The second kappa shape index (κ2) is 6.43. The van der Waals surface area contributed by atoms with Gasteiger partial charge in [0.15, 0.2) is 0 Å². The standard InChI is InChI=1S/C14H26N2O3S/c1-12-5-6-13(10-12)11-20(18,19)15(2)8-9-16-7-3-4-14(16)17/h12-13H,3-11H2,1-2H3. The normalized spacial score (nSPS) is 27.8. The molecule has 1 saturated carbocycles. The van der Waals surface area contributed by atoms with Crippen LogP contribution in [0.15, 0.2) is 0 Å². The average Bonchev–Trinajstić information content (AvgIpc) is 2.95. The van der Waals surface area contributed by atoms with Gasteiger partial charge in [0.05, 0.1) is 5.75 Å². The highest BCUT2D eigenvalue weighted by Crippen LogP contribution is 2.31. The van der Waals surface area contributed by atoms with Gasteiger partial charge in [0.25, 0.3) is 0 Å². The van der Waals surface area contributed by atoms with Gasteiger partial charge in [-0.3, -0.25) is 4.79 Å². The maximum absolute atomic E-state index is 12.3. The lowest BCUT2D eigenvalue weighted by molar-refractivity contribution is -0.127. The van der Waals surface area contributed by atoms with E-state index in [1.807, 2.05) is 0 Å². The molecule has 1 heterocycles. The number of rotatable bonds is 6. The molecule has 1 aliphatic carbocycles. The molecule has 1 saturated heterocycles. The van der Waals surface area contributed by atoms with Crippen LogP contribution in [-0.2, 0) is 14.8 Å². The second-order valence-corrected chi connectivity index (χ2v) is 8.49. The topological polar surface area (TPSA) is 57.7 Å². The van der Waals surface area contributed by atoms with Crippen LogP contribution in [0.2, 0.25) is 0 Å². The zero-order valence-electron chi connectivity index (χ0n) is 12.5. The van der Waals surface area contributed by atoms with Crippen molar-refractivity contribution >= 4 is 15.9 Å². The van der Waals surface area contributed by atoms with Gasteiger partial charge in [-0.1, -0.05) is 13.3 Å². The van der Waals surface area contributed by atoms with Crippen LogP contribution in [0.5, 0.6) is 0 Å². The Labute approximate surface area is 122 Å². The van der Waals surface area contributed by atoms with Gasteiger partial charge in [-0.25, -0.2) is 12.7 Å². The van der Waals surface area contributed by atoms with E-state index in [-0.39, 0.29) is 11.7 Å². The third-order valence-corrected chi connectivity index (χ3v) is 6.61. The summed E-state index contributed by atoms with van der Waals surface area (Å²) < 4.78 is 26.0. The number of likely N-dealkylation sites (N-methyl/N-ethyl adjacent to an activating group) is 1. The molecule has 0 aromatic heterocycles. The van der Waals surface area contributed by atoms with Gasteiger partial charge < -0.3 is 4.90 Å². The van der Waals surface area contributed by atoms with Crippen LogP contribution in [0.1, 0.15) is 39.0 Å². The molecule has 2 rings (SSSR count). The fourth-order valence-electron chi connectivity index (χ4n) is 3.24. The van der Waals surface area contributed by atoms with Crippen molar-refractivity contribution in [3.05, 3.63) is 0 Å². The van der Waals surface area contributed by atoms with Gasteiger partial charge in [-0.15, -0.1) is 0 Å². The second-order valence-electron chi connectivity index (χ2n) is 6.37. The molecule has 0 aromatic carbocycles. The van der Waals surface area contributed by atoms with Crippen molar-refractivity contribution in [2.75, 3.05) is 32.4 Å². The van der Waals surface area contributed by atoms with Crippen molar-refractivity contribution in [2.45, 2.75) is 39.0 Å². The minimum Gasteiger partial charge on any atom is -0.341 e. The molecule has 0 bridgehead atoms. The number of carbonyl (C=O) groups excluding carboxylic acids is 1. The maximum Gasteiger partial charge on any atom is 0.222 e. The minimum absolute atomic E-state index is 0.153. The summed E-state index contributed by atoms with van der Waals surface area (Å²) in [7, 11) is -1.55. The quantitative estimate of drug-likeness (QED) is 0.743. The summed E-state index contributed by atoms with van der Waals surface area (Å²) in [6, 6.07) is 0. The first-order valence-electron chi connectivity index (χ1n) is 7.60. The monoisotopic (exact) mass is 302 g/mol. The Balaban J connectivity index is 1.80. The van der Waals surface area contributed by atoms with Crippen LogP contribution in [0, 0.1) is 11.8 Å². The van der Waals surface area contributed by atoms with Gasteiger partial charge in [-0.2, -0.15) is 0 Å². The van der Waals surface area contributed by atoms with E-state index in [0.717, 1.165) is 32.2 Å². The fourth-order valence-corrected chi connectivity index (χ4v) is 4.76. The predicted molar refractivity (Wildman–Crippen MR) is 78.7 cm³/mol. The van der Waals surface area contributed by atoms with E-state index < -0.39 is 10.0 Å². The van der Waals surface area contributed by atoms with Crippen LogP contribution < -0.4 is 0 Å². The van der Waals surface area contributed by atoms with E-state index >= 15 is 0 Å². The van der Waals surface area contributed by atoms with Crippen molar-refractivity contribution < 1.29 is 13.2 Å². The molecular weight excluding hydrogens is 276 g/mol. The Kier molecular flexibility index (Phi) is 5.07. The van der Waals surface area contributed by atoms with Crippen LogP contribution in [0.3, 0.4) is 0 Å². The smallest absolute Gasteiger partial charge is 0.222 e. The highest BCUT2D eigenvalue weighted by atomic mass is 32.2. The molecule has 20 heavy (non-hydrogen) atoms. The van der Waals surface area contributed by atoms with Gasteiger partial charge in [0.1, 0.15) is 0 Å². The summed E-state index contributed by atoms with van der Waals surface area (Å²) >= 11 is 0. The van der Waals surface area contributed by atoms with Crippen molar-refractivity contribution in [2.24, 2.45) is 11.8 Å². The number of sulfonamides is 1. The summed E-state index contributed by atoms with van der Waals surface area (Å²) in [6.45, 7) is 3.90. The number of carbonyl (C=O) groups is 1. The summed E-state index contributed by atoms with van der Waals surface area (Å²) in [4.78, 5) is 13.3. The number of nitrogens with zero attached hydrogens (tertiary/aromatic N) is 2. The first-order chi connectivity index (χ1) is 9.38. The maximum atomic E-state index is 12.3. The number of amides is 1. The van der Waals surface area contributed by atoms with Crippen molar-refractivity contribution in [1.29, 1.82) is 0 Å². The van der Waals surface area contributed by atoms with Crippen LogP contribution >= 0.6 is 0 Å². The molecule has 2 unspecified atom stereocenters. The molecular formula is C14H26N2O3S. The third kappa shape index (κ3) is 3.95. The number of hydrogen-bond acceptors (Lipinski definition) is 3. The Bertz CT molecular complexity index is 449. The minimum atomic E-state index is -3.18. The van der Waals surface area contributed by atoms with Gasteiger partial charge in [-0.05, 0) is 31.1 Å². The molecule has 6 heteroatoms. The zero-order chi connectivity index (χ0) is 14.8. The van der Waals surface area contributed by atoms with Crippen LogP contribution in [0.25, 0.3) is 0 Å². The van der Waals surface area contributed by atoms with Crippen molar-refractivity contribution in [3.8, 4) is 0 Å². The van der Waals surface area contributed by atoms with E-state index in [9.17, 15) is 13.2 Å². The van der Waals surface area contributed by atoms with Crippen molar-refractivity contribution in [1.82, 2.24) is 9.21 Å². The van der Waals surface area contributed by atoms with E-state index in [4.69, 9.17) is 0 Å². The molecule has 116 valence electrons. The lowest BCUT2D eigenvalue weighted by Gasteiger charge is -2.23. The van der Waals surface area contributed by atoms with Crippen LogP contribution in [0.4, 0.5) is 0 Å². The SMILES string of the molecule is CC1CCC(CS(=O)(=O)N(C)CCN2CCCC2=O)C1. The summed E-state index contributed by atoms with van der Waals surface area (Å²) in [5, 5.41) is 0. The van der Waals surface area contributed by atoms with Gasteiger partial charge in [0, 0.05) is 33.1 Å². The summed E-state index contributed by atoms with van der Waals surface area (Å²) in [5.41, 5.74) is 0. The lowest BCUT2D eigenvalue weighted by Crippen LogP contribution is -2.38. The van der Waals surface area contributed by atoms with Gasteiger partial charge in [0.2, 0.25) is 15.9 Å². The highest BCUT2D eigenvalue weighted by Gasteiger charge is 2.29. The summed E-state index contributed by atoms with van der Waals surface area (Å²) in [6.07, 6.45) is 4.70. The number of likely N-dealkylation sites (tertiary alicyclic amines) is 1. The summed E-state index contributed by atoms with van der Waals surface area (Å²) in [5.74, 6) is 1.39. The van der Waals surface area contributed by atoms with E-state index in [0.29, 0.717) is 31.3 Å². The first-order valence-corrected chi connectivity index (χ1v) is 9.21. The largest absolute Gasteiger partial charge is 0.341 e. The Hall–Kier alpha value is -0.620. The zero-order valence-corrected chi connectivity index (χ0v) is 13.4. The van der Waals surface area contributed by atoms with E-state index in [2.05, 4.69) is 6.92 Å². The molecule has 0 radical (unpaired) electrons. The van der Waals surface area contributed by atoms with Crippen LogP contribution in [-0.4, -0.2) is 56.0 Å².